The fourth-order valence-electron chi connectivity index (χ4n) is 3.83. The second-order valence-corrected chi connectivity index (χ2v) is 7.36. The molecule has 0 unspecified atom stereocenters. The van der Waals surface area contributed by atoms with Crippen LogP contribution in [0.3, 0.4) is 0 Å². The number of aryl methyl sites for hydroxylation is 1. The fourth-order valence-corrected chi connectivity index (χ4v) is 3.83. The van der Waals surface area contributed by atoms with Crippen LogP contribution < -0.4 is 10.6 Å². The van der Waals surface area contributed by atoms with Gasteiger partial charge in [-0.3, -0.25) is 9.59 Å². The minimum Gasteiger partial charge on any atom is -0.369 e. The lowest BCUT2D eigenvalue weighted by molar-refractivity contribution is -0.127. The smallest absolute Gasteiger partial charge is 0.258 e. The summed E-state index contributed by atoms with van der Waals surface area (Å²) in [4.78, 5) is 32.4. The molecule has 4 rings (SSSR count). The lowest BCUT2D eigenvalue weighted by Crippen LogP contribution is -2.26. The lowest BCUT2D eigenvalue weighted by Gasteiger charge is -2.18. The highest BCUT2D eigenvalue weighted by molar-refractivity contribution is 6.06. The molecule has 150 valence electrons. The van der Waals surface area contributed by atoms with Crippen LogP contribution >= 0.6 is 0 Å². The fraction of sp³-hybridized carbons (Fsp3) is 0.318. The first-order valence-corrected chi connectivity index (χ1v) is 9.91. The first-order valence-electron chi connectivity index (χ1n) is 9.91. The Hall–Kier alpha value is -3.35. The first kappa shape index (κ1) is 19.0. The highest BCUT2D eigenvalue weighted by Crippen LogP contribution is 2.25. The quantitative estimate of drug-likeness (QED) is 0.700. The van der Waals surface area contributed by atoms with Crippen LogP contribution in [0.2, 0.25) is 0 Å². The Morgan fingerprint density at radius 2 is 1.97 bits per heavy atom. The number of amides is 2. The van der Waals surface area contributed by atoms with Crippen LogP contribution in [0, 0.1) is 0 Å². The SMILES string of the molecule is CN(C(=O)c1ccccc1)c1ccc2c(c1)nc(N)n2CCCN1CCCC1=O. The monoisotopic (exact) mass is 391 g/mol. The van der Waals surface area contributed by atoms with Crippen molar-refractivity contribution in [1.82, 2.24) is 14.5 Å². The van der Waals surface area contributed by atoms with Gasteiger partial charge < -0.3 is 20.1 Å². The maximum absolute atomic E-state index is 12.7. The van der Waals surface area contributed by atoms with Crippen molar-refractivity contribution in [2.24, 2.45) is 0 Å². The lowest BCUT2D eigenvalue weighted by atomic mass is 10.2. The molecular formula is C22H25N5O2. The van der Waals surface area contributed by atoms with Crippen LogP contribution in [0.1, 0.15) is 29.6 Å². The average Bonchev–Trinajstić information content (AvgIpc) is 3.29. The van der Waals surface area contributed by atoms with Crippen molar-refractivity contribution in [3.8, 4) is 0 Å². The van der Waals surface area contributed by atoms with Gasteiger partial charge in [0, 0.05) is 44.4 Å². The third-order valence-electron chi connectivity index (χ3n) is 5.46. The van der Waals surface area contributed by atoms with E-state index in [1.807, 2.05) is 45.9 Å². The van der Waals surface area contributed by atoms with Gasteiger partial charge in [0.1, 0.15) is 0 Å². The molecule has 1 saturated heterocycles. The van der Waals surface area contributed by atoms with Crippen LogP contribution in [0.15, 0.2) is 48.5 Å². The summed E-state index contributed by atoms with van der Waals surface area (Å²) in [5.74, 6) is 0.610. The largest absolute Gasteiger partial charge is 0.369 e. The molecule has 0 atom stereocenters. The number of benzene rings is 2. The van der Waals surface area contributed by atoms with E-state index in [9.17, 15) is 9.59 Å². The number of carbonyl (C=O) groups excluding carboxylic acids is 2. The van der Waals surface area contributed by atoms with E-state index in [1.54, 1.807) is 24.1 Å². The van der Waals surface area contributed by atoms with Gasteiger partial charge in [-0.15, -0.1) is 0 Å². The molecule has 7 nitrogen and oxygen atoms in total. The molecule has 0 saturated carbocycles. The van der Waals surface area contributed by atoms with E-state index in [1.165, 1.54) is 0 Å². The molecule has 1 aliphatic heterocycles. The molecule has 0 bridgehead atoms. The average molecular weight is 391 g/mol. The summed E-state index contributed by atoms with van der Waals surface area (Å²) in [7, 11) is 1.75. The standard InChI is InChI=1S/C22H25N5O2/c1-25(21(29)16-7-3-2-4-8-16)17-10-11-19-18(15-17)24-22(23)27(19)14-6-13-26-12-5-9-20(26)28/h2-4,7-8,10-11,15H,5-6,9,12-14H2,1H3,(H2,23,24). The summed E-state index contributed by atoms with van der Waals surface area (Å²) in [5.41, 5.74) is 9.23. The van der Waals surface area contributed by atoms with Crippen LogP contribution in [0.25, 0.3) is 11.0 Å². The number of anilines is 2. The molecule has 0 radical (unpaired) electrons. The molecule has 1 aromatic heterocycles. The van der Waals surface area contributed by atoms with E-state index in [4.69, 9.17) is 5.73 Å². The Labute approximate surface area is 169 Å². The summed E-state index contributed by atoms with van der Waals surface area (Å²) in [6, 6.07) is 14.9. The van der Waals surface area contributed by atoms with Crippen molar-refractivity contribution in [3.05, 3.63) is 54.1 Å². The van der Waals surface area contributed by atoms with Crippen molar-refractivity contribution >= 4 is 34.5 Å². The van der Waals surface area contributed by atoms with E-state index in [-0.39, 0.29) is 11.8 Å². The van der Waals surface area contributed by atoms with E-state index in [0.29, 0.717) is 24.5 Å². The molecule has 0 spiro atoms. The summed E-state index contributed by atoms with van der Waals surface area (Å²) in [6.45, 7) is 2.29. The molecule has 2 heterocycles. The maximum Gasteiger partial charge on any atom is 0.258 e. The normalized spacial score (nSPS) is 14.0. The topological polar surface area (TPSA) is 84.5 Å². The maximum atomic E-state index is 12.7. The number of nitrogen functional groups attached to an aromatic ring is 1. The number of nitrogens with zero attached hydrogens (tertiary/aromatic N) is 4. The number of hydrogen-bond acceptors (Lipinski definition) is 4. The van der Waals surface area contributed by atoms with Gasteiger partial charge in [0.05, 0.1) is 11.0 Å². The molecule has 0 aliphatic carbocycles. The second-order valence-electron chi connectivity index (χ2n) is 7.36. The van der Waals surface area contributed by atoms with Crippen LogP contribution in [-0.2, 0) is 11.3 Å². The van der Waals surface area contributed by atoms with Gasteiger partial charge in [-0.05, 0) is 43.2 Å². The van der Waals surface area contributed by atoms with Gasteiger partial charge in [-0.2, -0.15) is 0 Å². The van der Waals surface area contributed by atoms with E-state index >= 15 is 0 Å². The molecular weight excluding hydrogens is 366 g/mol. The Bertz CT molecular complexity index is 1040. The zero-order valence-corrected chi connectivity index (χ0v) is 16.5. The third-order valence-corrected chi connectivity index (χ3v) is 5.46. The Morgan fingerprint density at radius 1 is 1.17 bits per heavy atom. The number of nitrogens with two attached hydrogens (primary N) is 1. The van der Waals surface area contributed by atoms with Crippen molar-refractivity contribution in [1.29, 1.82) is 0 Å². The second kappa shape index (κ2) is 7.95. The van der Waals surface area contributed by atoms with Crippen LogP contribution in [0.4, 0.5) is 11.6 Å². The number of likely N-dealkylation sites (tertiary alicyclic amines) is 1. The minimum absolute atomic E-state index is 0.0763. The number of imidazole rings is 1. The molecule has 1 fully saturated rings. The Balaban J connectivity index is 1.50. The molecule has 1 aliphatic rings. The van der Waals surface area contributed by atoms with Crippen molar-refractivity contribution in [2.75, 3.05) is 30.8 Å². The number of fused-ring (bicyclic) bond motifs is 1. The van der Waals surface area contributed by atoms with Gasteiger partial charge in [-0.25, -0.2) is 4.98 Å². The van der Waals surface area contributed by atoms with Crippen LogP contribution in [0.5, 0.6) is 0 Å². The molecule has 29 heavy (non-hydrogen) atoms. The predicted octanol–water partition coefficient (Wildman–Crippen LogP) is 2.91. The van der Waals surface area contributed by atoms with Gasteiger partial charge in [-0.1, -0.05) is 18.2 Å². The number of aromatic nitrogens is 2. The van der Waals surface area contributed by atoms with E-state index < -0.39 is 0 Å². The Kier molecular flexibility index (Phi) is 5.20. The molecule has 2 amide bonds. The third kappa shape index (κ3) is 3.81. The van der Waals surface area contributed by atoms with Gasteiger partial charge in [0.25, 0.3) is 5.91 Å². The van der Waals surface area contributed by atoms with E-state index in [2.05, 4.69) is 4.98 Å². The Morgan fingerprint density at radius 3 is 2.69 bits per heavy atom. The molecule has 7 heteroatoms. The number of rotatable bonds is 6. The van der Waals surface area contributed by atoms with Gasteiger partial charge in [0.2, 0.25) is 11.9 Å². The zero-order chi connectivity index (χ0) is 20.4. The molecule has 2 N–H and O–H groups in total. The minimum atomic E-state index is -0.0763. The van der Waals surface area contributed by atoms with E-state index in [0.717, 1.165) is 42.7 Å². The number of hydrogen-bond donors (Lipinski definition) is 1. The van der Waals surface area contributed by atoms with Gasteiger partial charge >= 0.3 is 0 Å². The van der Waals surface area contributed by atoms with Crippen molar-refractivity contribution in [3.63, 3.8) is 0 Å². The molecule has 2 aromatic carbocycles. The zero-order valence-electron chi connectivity index (χ0n) is 16.5. The summed E-state index contributed by atoms with van der Waals surface area (Å²) < 4.78 is 1.97. The summed E-state index contributed by atoms with van der Waals surface area (Å²) in [6.07, 6.45) is 2.44. The molecule has 3 aromatic rings. The highest BCUT2D eigenvalue weighted by atomic mass is 16.2. The van der Waals surface area contributed by atoms with Gasteiger partial charge in [0.15, 0.2) is 0 Å². The van der Waals surface area contributed by atoms with Crippen molar-refractivity contribution in [2.45, 2.75) is 25.8 Å². The number of carbonyl (C=O) groups is 2. The van der Waals surface area contributed by atoms with Crippen LogP contribution in [-0.4, -0.2) is 46.4 Å². The summed E-state index contributed by atoms with van der Waals surface area (Å²) >= 11 is 0. The highest BCUT2D eigenvalue weighted by Gasteiger charge is 2.20. The predicted molar refractivity (Wildman–Crippen MR) is 114 cm³/mol. The first-order chi connectivity index (χ1) is 14.0. The summed E-state index contributed by atoms with van der Waals surface area (Å²) in [5, 5.41) is 0. The van der Waals surface area contributed by atoms with Crippen molar-refractivity contribution < 1.29 is 9.59 Å².